The predicted octanol–water partition coefficient (Wildman–Crippen LogP) is 4.02. The molecule has 0 fully saturated rings. The lowest BCUT2D eigenvalue weighted by atomic mass is 9.99. The van der Waals surface area contributed by atoms with Gasteiger partial charge >= 0.3 is 0 Å². The van der Waals surface area contributed by atoms with Gasteiger partial charge in [0.2, 0.25) is 0 Å². The number of aliphatic hydroxyl groups is 1. The fourth-order valence-corrected chi connectivity index (χ4v) is 3.91. The van der Waals surface area contributed by atoms with Crippen molar-refractivity contribution in [1.82, 2.24) is 0 Å². The molecule has 0 saturated carbocycles. The summed E-state index contributed by atoms with van der Waals surface area (Å²) in [5.41, 5.74) is 3.40. The van der Waals surface area contributed by atoms with Gasteiger partial charge in [-0.3, -0.25) is 0 Å². The van der Waals surface area contributed by atoms with Crippen LogP contribution in [0.15, 0.2) is 29.6 Å². The first kappa shape index (κ1) is 13.0. The predicted molar refractivity (Wildman–Crippen MR) is 81.2 cm³/mol. The summed E-state index contributed by atoms with van der Waals surface area (Å²) in [6.07, 6.45) is 1.06. The molecule has 1 N–H and O–H groups in total. The van der Waals surface area contributed by atoms with Gasteiger partial charge in [0.05, 0.1) is 12.6 Å². The standard InChI is InChI=1S/C15H16ClNOS/c1-10-13-5-7-19-15(13)4-6-17(10)14-8-12(16)3-2-11(14)9-18/h2-3,5,7-8,10,18H,4,6,9H2,1H3. The lowest BCUT2D eigenvalue weighted by molar-refractivity contribution is 0.282. The Morgan fingerprint density at radius 2 is 2.26 bits per heavy atom. The third kappa shape index (κ3) is 2.27. The van der Waals surface area contributed by atoms with E-state index in [-0.39, 0.29) is 6.61 Å². The third-order valence-corrected chi connectivity index (χ3v) is 5.04. The second-order valence-electron chi connectivity index (χ2n) is 4.85. The zero-order valence-corrected chi connectivity index (χ0v) is 12.3. The maximum Gasteiger partial charge on any atom is 0.0702 e. The molecule has 0 bridgehead atoms. The Morgan fingerprint density at radius 1 is 1.42 bits per heavy atom. The fourth-order valence-electron chi connectivity index (χ4n) is 2.78. The van der Waals surface area contributed by atoms with Crippen molar-refractivity contribution in [3.8, 4) is 0 Å². The molecule has 100 valence electrons. The van der Waals surface area contributed by atoms with Crippen LogP contribution in [-0.4, -0.2) is 11.7 Å². The summed E-state index contributed by atoms with van der Waals surface area (Å²) in [7, 11) is 0. The topological polar surface area (TPSA) is 23.5 Å². The number of rotatable bonds is 2. The molecule has 1 aliphatic rings. The first-order valence-corrected chi connectivity index (χ1v) is 7.68. The number of nitrogens with zero attached hydrogens (tertiary/aromatic N) is 1. The molecule has 0 spiro atoms. The molecular weight excluding hydrogens is 278 g/mol. The minimum absolute atomic E-state index is 0.0478. The van der Waals surface area contributed by atoms with E-state index < -0.39 is 0 Å². The minimum atomic E-state index is 0.0478. The highest BCUT2D eigenvalue weighted by molar-refractivity contribution is 7.10. The third-order valence-electron chi connectivity index (χ3n) is 3.80. The van der Waals surface area contributed by atoms with Crippen LogP contribution in [0.5, 0.6) is 0 Å². The van der Waals surface area contributed by atoms with E-state index in [9.17, 15) is 5.11 Å². The number of thiophene rings is 1. The molecule has 1 aromatic heterocycles. The van der Waals surface area contributed by atoms with Gasteiger partial charge in [0.15, 0.2) is 0 Å². The van der Waals surface area contributed by atoms with E-state index >= 15 is 0 Å². The maximum atomic E-state index is 9.51. The number of anilines is 1. The molecule has 3 rings (SSSR count). The average molecular weight is 294 g/mol. The molecule has 1 aliphatic heterocycles. The van der Waals surface area contributed by atoms with Crippen LogP contribution in [0, 0.1) is 0 Å². The lowest BCUT2D eigenvalue weighted by Crippen LogP contribution is -2.33. The van der Waals surface area contributed by atoms with Gasteiger partial charge in [0, 0.05) is 27.7 Å². The first-order chi connectivity index (χ1) is 9.20. The van der Waals surface area contributed by atoms with E-state index in [2.05, 4.69) is 23.3 Å². The van der Waals surface area contributed by atoms with E-state index in [1.807, 2.05) is 29.5 Å². The average Bonchev–Trinajstić information content (AvgIpc) is 2.88. The van der Waals surface area contributed by atoms with Crippen molar-refractivity contribution in [1.29, 1.82) is 0 Å². The molecule has 2 heterocycles. The van der Waals surface area contributed by atoms with E-state index in [0.29, 0.717) is 6.04 Å². The zero-order chi connectivity index (χ0) is 13.4. The molecule has 1 atom stereocenters. The molecule has 19 heavy (non-hydrogen) atoms. The van der Waals surface area contributed by atoms with Crippen molar-refractivity contribution in [2.75, 3.05) is 11.4 Å². The van der Waals surface area contributed by atoms with Crippen molar-refractivity contribution in [3.05, 3.63) is 50.7 Å². The van der Waals surface area contributed by atoms with Crippen molar-refractivity contribution in [3.63, 3.8) is 0 Å². The Bertz CT molecular complexity index is 596. The molecule has 0 aliphatic carbocycles. The summed E-state index contributed by atoms with van der Waals surface area (Å²) >= 11 is 7.95. The van der Waals surface area contributed by atoms with E-state index in [1.165, 1.54) is 10.4 Å². The Balaban J connectivity index is 2.02. The van der Waals surface area contributed by atoms with Crippen LogP contribution >= 0.6 is 22.9 Å². The molecule has 1 unspecified atom stereocenters. The Kier molecular flexibility index (Phi) is 3.52. The van der Waals surface area contributed by atoms with E-state index in [1.54, 1.807) is 0 Å². The van der Waals surface area contributed by atoms with Crippen molar-refractivity contribution >= 4 is 28.6 Å². The van der Waals surface area contributed by atoms with Gasteiger partial charge in [-0.15, -0.1) is 11.3 Å². The van der Waals surface area contributed by atoms with Crippen molar-refractivity contribution < 1.29 is 5.11 Å². The number of fused-ring (bicyclic) bond motifs is 1. The highest BCUT2D eigenvalue weighted by Crippen LogP contribution is 2.38. The summed E-state index contributed by atoms with van der Waals surface area (Å²) in [6, 6.07) is 8.24. The summed E-state index contributed by atoms with van der Waals surface area (Å²) in [5.74, 6) is 0. The van der Waals surface area contributed by atoms with Gasteiger partial charge in [-0.2, -0.15) is 0 Å². The number of aliphatic hydroxyl groups excluding tert-OH is 1. The molecule has 4 heteroatoms. The van der Waals surface area contributed by atoms with Crippen LogP contribution < -0.4 is 4.90 Å². The van der Waals surface area contributed by atoms with Gasteiger partial charge in [-0.25, -0.2) is 0 Å². The SMILES string of the molecule is CC1c2ccsc2CCN1c1cc(Cl)ccc1CO. The monoisotopic (exact) mass is 293 g/mol. The van der Waals surface area contributed by atoms with Crippen LogP contribution in [-0.2, 0) is 13.0 Å². The van der Waals surface area contributed by atoms with Gasteiger partial charge in [0.25, 0.3) is 0 Å². The van der Waals surface area contributed by atoms with Gasteiger partial charge < -0.3 is 10.0 Å². The molecule has 2 nitrogen and oxygen atoms in total. The number of benzene rings is 1. The number of halogens is 1. The molecular formula is C15H16ClNOS. The molecule has 1 aromatic carbocycles. The van der Waals surface area contributed by atoms with Gasteiger partial charge in [-0.05, 0) is 42.5 Å². The fraction of sp³-hybridized carbons (Fsp3) is 0.333. The lowest BCUT2D eigenvalue weighted by Gasteiger charge is -2.36. The number of hydrogen-bond donors (Lipinski definition) is 1. The molecule has 2 aromatic rings. The smallest absolute Gasteiger partial charge is 0.0702 e. The van der Waals surface area contributed by atoms with Crippen molar-refractivity contribution in [2.24, 2.45) is 0 Å². The summed E-state index contributed by atoms with van der Waals surface area (Å²) in [5, 5.41) is 12.4. The molecule has 0 amide bonds. The minimum Gasteiger partial charge on any atom is -0.392 e. The van der Waals surface area contributed by atoms with Gasteiger partial charge in [0.1, 0.15) is 0 Å². The normalized spacial score (nSPS) is 18.5. The van der Waals surface area contributed by atoms with Gasteiger partial charge in [-0.1, -0.05) is 17.7 Å². The maximum absolute atomic E-state index is 9.51. The second-order valence-corrected chi connectivity index (χ2v) is 6.29. The quantitative estimate of drug-likeness (QED) is 0.904. The summed E-state index contributed by atoms with van der Waals surface area (Å²) < 4.78 is 0. The Morgan fingerprint density at radius 3 is 3.05 bits per heavy atom. The number of hydrogen-bond acceptors (Lipinski definition) is 3. The van der Waals surface area contributed by atoms with Crippen LogP contribution in [0.25, 0.3) is 0 Å². The first-order valence-electron chi connectivity index (χ1n) is 6.43. The van der Waals surface area contributed by atoms with Crippen LogP contribution in [0.1, 0.15) is 29.0 Å². The highest BCUT2D eigenvalue weighted by atomic mass is 35.5. The summed E-state index contributed by atoms with van der Waals surface area (Å²) in [4.78, 5) is 3.82. The highest BCUT2D eigenvalue weighted by Gasteiger charge is 2.26. The van der Waals surface area contributed by atoms with Crippen LogP contribution in [0.4, 0.5) is 5.69 Å². The van der Waals surface area contributed by atoms with Crippen molar-refractivity contribution in [2.45, 2.75) is 26.0 Å². The summed E-state index contributed by atoms with van der Waals surface area (Å²) in [6.45, 7) is 3.24. The van der Waals surface area contributed by atoms with Crippen LogP contribution in [0.3, 0.4) is 0 Å². The Labute approximate surface area is 122 Å². The zero-order valence-electron chi connectivity index (χ0n) is 10.8. The largest absolute Gasteiger partial charge is 0.392 e. The van der Waals surface area contributed by atoms with E-state index in [0.717, 1.165) is 29.2 Å². The Hall–Kier alpha value is -1.03. The second kappa shape index (κ2) is 5.16. The van der Waals surface area contributed by atoms with E-state index in [4.69, 9.17) is 11.6 Å². The molecule has 0 saturated heterocycles. The van der Waals surface area contributed by atoms with Crippen LogP contribution in [0.2, 0.25) is 5.02 Å². The molecule has 0 radical (unpaired) electrons.